The molecular weight excluding hydrogens is 435 g/mol. The highest BCUT2D eigenvalue weighted by molar-refractivity contribution is 8.02. The minimum atomic E-state index is -4.43. The highest BCUT2D eigenvalue weighted by atomic mass is 32.4. The first-order chi connectivity index (χ1) is 12.4. The van der Waals surface area contributed by atoms with E-state index in [1.54, 1.807) is 49.2 Å². The predicted molar refractivity (Wildman–Crippen MR) is 108 cm³/mol. The lowest BCUT2D eigenvalue weighted by Gasteiger charge is -2.22. The van der Waals surface area contributed by atoms with Gasteiger partial charge in [-0.3, -0.25) is 18.6 Å². The predicted octanol–water partition coefficient (Wildman–Crippen LogP) is 1.89. The topological polar surface area (TPSA) is 143 Å². The van der Waals surface area contributed by atoms with Crippen LogP contribution in [0, 0.1) is 0 Å². The van der Waals surface area contributed by atoms with Crippen molar-refractivity contribution in [1.29, 1.82) is 0 Å². The summed E-state index contributed by atoms with van der Waals surface area (Å²) in [4.78, 5) is 37.3. The van der Waals surface area contributed by atoms with E-state index in [-0.39, 0.29) is 6.54 Å². The molecule has 0 aliphatic rings. The fourth-order valence-electron chi connectivity index (χ4n) is 2.07. The van der Waals surface area contributed by atoms with E-state index in [1.165, 1.54) is 0 Å². The van der Waals surface area contributed by atoms with Crippen molar-refractivity contribution in [1.82, 2.24) is 9.68 Å². The first-order valence-corrected chi connectivity index (χ1v) is 13.5. The van der Waals surface area contributed by atoms with E-state index in [4.69, 9.17) is 35.9 Å². The zero-order chi connectivity index (χ0) is 20.7. The molecule has 0 radical (unpaired) electrons. The quantitative estimate of drug-likeness (QED) is 0.221. The van der Waals surface area contributed by atoms with Gasteiger partial charge in [-0.05, 0) is 31.0 Å². The molecule has 4 N–H and O–H groups in total. The molecule has 0 aliphatic heterocycles. The average molecular weight is 458 g/mol. The normalized spacial score (nSPS) is 13.2. The van der Waals surface area contributed by atoms with Crippen LogP contribution in [0.4, 0.5) is 0 Å². The maximum absolute atomic E-state index is 11.1. The van der Waals surface area contributed by atoms with Gasteiger partial charge in [0.05, 0.1) is 7.05 Å². The number of nitrogens with zero attached hydrogens (tertiary/aromatic N) is 3. The summed E-state index contributed by atoms with van der Waals surface area (Å²) in [7, 11) is -8.50. The summed E-state index contributed by atoms with van der Waals surface area (Å²) < 4.78 is 29.5. The van der Waals surface area contributed by atoms with Gasteiger partial charge in [-0.15, -0.1) is 5.10 Å². The van der Waals surface area contributed by atoms with E-state index in [0.717, 1.165) is 10.5 Å². The van der Waals surface area contributed by atoms with Crippen molar-refractivity contribution in [3.8, 4) is 5.75 Å². The molecule has 0 bridgehead atoms. The fourth-order valence-corrected chi connectivity index (χ4v) is 4.75. The molecule has 27 heavy (non-hydrogen) atoms. The van der Waals surface area contributed by atoms with Crippen LogP contribution in [0.5, 0.6) is 5.75 Å². The third-order valence-corrected chi connectivity index (χ3v) is 6.52. The van der Waals surface area contributed by atoms with Crippen LogP contribution in [-0.2, 0) is 27.4 Å². The molecular formula is C13H23N3O7P3S+. The van der Waals surface area contributed by atoms with Crippen molar-refractivity contribution >= 4 is 40.3 Å². The highest BCUT2D eigenvalue weighted by Gasteiger charge is 2.25. The Morgan fingerprint density at radius 1 is 1.15 bits per heavy atom. The van der Waals surface area contributed by atoms with Gasteiger partial charge in [0.15, 0.2) is 5.75 Å². The van der Waals surface area contributed by atoms with E-state index in [2.05, 4.69) is 5.10 Å². The first-order valence-electron chi connectivity index (χ1n) is 7.67. The maximum atomic E-state index is 11.1. The second kappa shape index (κ2) is 10.7. The van der Waals surface area contributed by atoms with Crippen molar-refractivity contribution in [3.05, 3.63) is 29.8 Å². The second-order valence-corrected chi connectivity index (χ2v) is 11.0. The molecule has 0 saturated carbocycles. The van der Waals surface area contributed by atoms with E-state index in [9.17, 15) is 9.13 Å². The molecule has 0 aromatic heterocycles. The van der Waals surface area contributed by atoms with Gasteiger partial charge in [-0.1, -0.05) is 16.9 Å². The van der Waals surface area contributed by atoms with Crippen LogP contribution in [0.15, 0.2) is 29.4 Å². The number of hydrazone groups is 1. The monoisotopic (exact) mass is 458 g/mol. The molecule has 1 rings (SSSR count). The van der Waals surface area contributed by atoms with Gasteiger partial charge in [-0.25, -0.2) is 0 Å². The summed E-state index contributed by atoms with van der Waals surface area (Å²) in [6.07, 6.45) is 0.520. The van der Waals surface area contributed by atoms with Gasteiger partial charge in [0.25, 0.3) is 0 Å². The van der Waals surface area contributed by atoms with Crippen LogP contribution in [0.3, 0.4) is 0 Å². The standard InChI is InChI=1S/C13H22N3O7P3S/c1-3-14-15(2)24(27)23-13-6-4-12(5-7-13)8-9-16(10-25(17,18)19)11-26(20,21)22/h3-7H,8-11H2,1-2H3,(H3-,17,18,19,20,21,22)/p+1/b14-3+. The summed E-state index contributed by atoms with van der Waals surface area (Å²) in [5.41, 5.74) is 0.817. The zero-order valence-corrected chi connectivity index (χ0v) is 18.3. The maximum Gasteiger partial charge on any atom is 0.540 e. The largest absolute Gasteiger partial charge is 0.540 e. The smallest absolute Gasteiger partial charge is 0.324 e. The van der Waals surface area contributed by atoms with Crippen LogP contribution in [0.25, 0.3) is 0 Å². The molecule has 0 amide bonds. The van der Waals surface area contributed by atoms with Crippen molar-refractivity contribution in [2.24, 2.45) is 5.10 Å². The summed E-state index contributed by atoms with van der Waals surface area (Å²) in [6.45, 7) is 1.85. The van der Waals surface area contributed by atoms with Crippen LogP contribution in [-0.4, -0.2) is 61.6 Å². The molecule has 0 aliphatic carbocycles. The molecule has 0 fully saturated rings. The summed E-state index contributed by atoms with van der Waals surface area (Å²) in [5.74, 6) is 0.556. The number of benzene rings is 1. The lowest BCUT2D eigenvalue weighted by atomic mass is 10.1. The van der Waals surface area contributed by atoms with Crippen molar-refractivity contribution in [3.63, 3.8) is 0 Å². The van der Waals surface area contributed by atoms with Crippen LogP contribution < -0.4 is 4.52 Å². The molecule has 0 saturated heterocycles. The highest BCUT2D eigenvalue weighted by Crippen LogP contribution is 2.40. The molecule has 1 aromatic rings. The van der Waals surface area contributed by atoms with E-state index in [0.29, 0.717) is 12.2 Å². The Hall–Kier alpha value is -0.730. The van der Waals surface area contributed by atoms with Crippen LogP contribution >= 0.6 is 22.3 Å². The Bertz CT molecular complexity index is 726. The molecule has 14 heteroatoms. The van der Waals surface area contributed by atoms with Crippen molar-refractivity contribution in [2.45, 2.75) is 13.3 Å². The van der Waals surface area contributed by atoms with Gasteiger partial charge in [-0.2, -0.15) is 0 Å². The fraction of sp³-hybridized carbons (Fsp3) is 0.462. The van der Waals surface area contributed by atoms with Crippen molar-refractivity contribution < 1.29 is 33.2 Å². The molecule has 0 spiro atoms. The van der Waals surface area contributed by atoms with Gasteiger partial charge in [0, 0.05) is 12.8 Å². The van der Waals surface area contributed by atoms with E-state index >= 15 is 0 Å². The van der Waals surface area contributed by atoms with Gasteiger partial charge in [0.1, 0.15) is 12.6 Å². The van der Waals surface area contributed by atoms with Gasteiger partial charge < -0.3 is 19.6 Å². The Labute approximate surface area is 163 Å². The Morgan fingerprint density at radius 3 is 2.11 bits per heavy atom. The summed E-state index contributed by atoms with van der Waals surface area (Å²) >= 11 is 5.23. The zero-order valence-electron chi connectivity index (χ0n) is 14.8. The van der Waals surface area contributed by atoms with Gasteiger partial charge in [0.2, 0.25) is 11.8 Å². The summed E-state index contributed by atoms with van der Waals surface area (Å²) in [5, 5.41) is 4.02. The minimum absolute atomic E-state index is 0.0815. The molecule has 0 heterocycles. The van der Waals surface area contributed by atoms with E-state index in [1.807, 2.05) is 0 Å². The minimum Gasteiger partial charge on any atom is -0.324 e. The lowest BCUT2D eigenvalue weighted by Crippen LogP contribution is -2.28. The SMILES string of the molecule is C/C=N/N(C)[P+](=S)Oc1ccc(CCN(CP(=O)(O)O)CP(=O)(O)O)cc1. The van der Waals surface area contributed by atoms with Gasteiger partial charge >= 0.3 is 22.3 Å². The molecule has 1 unspecified atom stereocenters. The van der Waals surface area contributed by atoms with Crippen LogP contribution in [0.1, 0.15) is 12.5 Å². The molecule has 10 nitrogen and oxygen atoms in total. The number of rotatable bonds is 11. The molecule has 152 valence electrons. The Morgan fingerprint density at radius 2 is 1.67 bits per heavy atom. The lowest BCUT2D eigenvalue weighted by molar-refractivity contribution is 0.279. The third-order valence-electron chi connectivity index (χ3n) is 3.11. The number of hydrogen-bond acceptors (Lipinski definition) is 6. The second-order valence-electron chi connectivity index (χ2n) is 5.59. The first kappa shape index (κ1) is 24.3. The van der Waals surface area contributed by atoms with Crippen molar-refractivity contribution in [2.75, 3.05) is 26.2 Å². The van der Waals surface area contributed by atoms with Crippen LogP contribution in [0.2, 0.25) is 0 Å². The third kappa shape index (κ3) is 11.0. The van der Waals surface area contributed by atoms with E-state index < -0.39 is 34.8 Å². The number of hydrogen-bond donors (Lipinski definition) is 4. The molecule has 1 aromatic carbocycles. The molecule has 1 atom stereocenters. The Kier molecular flexibility index (Phi) is 9.65. The average Bonchev–Trinajstić information content (AvgIpc) is 2.51. The Balaban J connectivity index is 2.68. The summed E-state index contributed by atoms with van der Waals surface area (Å²) in [6, 6.07) is 6.92.